The minimum absolute atomic E-state index is 0.0263. The monoisotopic (exact) mass is 335 g/mol. The summed E-state index contributed by atoms with van der Waals surface area (Å²) in [6.07, 6.45) is 1.11. The van der Waals surface area contributed by atoms with Crippen LogP contribution < -0.4 is 10.6 Å². The maximum Gasteiger partial charge on any atom is 0.409 e. The molecule has 0 radical (unpaired) electrons. The molecule has 2 N–H and O–H groups in total. The van der Waals surface area contributed by atoms with Crippen molar-refractivity contribution in [2.24, 2.45) is 0 Å². The quantitative estimate of drug-likeness (QED) is 0.849. The lowest BCUT2D eigenvalue weighted by Gasteiger charge is -2.31. The van der Waals surface area contributed by atoms with E-state index in [1.165, 1.54) is 0 Å². The zero-order valence-electron chi connectivity index (χ0n) is 14.4. The van der Waals surface area contributed by atoms with Gasteiger partial charge in [0.1, 0.15) is 5.82 Å². The third-order valence-electron chi connectivity index (χ3n) is 3.69. The van der Waals surface area contributed by atoms with Gasteiger partial charge in [-0.15, -0.1) is 10.2 Å². The van der Waals surface area contributed by atoms with Crippen molar-refractivity contribution in [1.82, 2.24) is 20.4 Å². The summed E-state index contributed by atoms with van der Waals surface area (Å²) in [6, 6.07) is 3.67. The summed E-state index contributed by atoms with van der Waals surface area (Å²) in [6.45, 7) is 7.32. The van der Waals surface area contributed by atoms with Crippen LogP contribution in [0.2, 0.25) is 0 Å². The fourth-order valence-corrected chi connectivity index (χ4v) is 2.51. The second-order valence-electron chi connectivity index (χ2n) is 6.04. The van der Waals surface area contributed by atoms with Crippen molar-refractivity contribution in [2.45, 2.75) is 45.7 Å². The van der Waals surface area contributed by atoms with Crippen LogP contribution >= 0.6 is 0 Å². The number of anilines is 1. The van der Waals surface area contributed by atoms with Crippen LogP contribution in [0.3, 0.4) is 0 Å². The van der Waals surface area contributed by atoms with Crippen molar-refractivity contribution in [3.05, 3.63) is 17.8 Å². The highest BCUT2D eigenvalue weighted by Crippen LogP contribution is 2.12. The van der Waals surface area contributed by atoms with Crippen LogP contribution in [-0.4, -0.2) is 58.9 Å². The van der Waals surface area contributed by atoms with Gasteiger partial charge in [-0.3, -0.25) is 4.79 Å². The number of nitrogens with one attached hydrogen (secondary N) is 2. The first kappa shape index (κ1) is 18.0. The molecule has 0 aliphatic carbocycles. The van der Waals surface area contributed by atoms with Crippen LogP contribution in [0.25, 0.3) is 0 Å². The summed E-state index contributed by atoms with van der Waals surface area (Å²) in [5.41, 5.74) is 0.289. The molecule has 1 fully saturated rings. The normalized spacial score (nSPS) is 15.2. The number of ether oxygens (including phenoxy) is 1. The fourth-order valence-electron chi connectivity index (χ4n) is 2.51. The molecular formula is C16H25N5O3. The lowest BCUT2D eigenvalue weighted by atomic mass is 10.1. The van der Waals surface area contributed by atoms with E-state index < -0.39 is 0 Å². The van der Waals surface area contributed by atoms with Gasteiger partial charge in [-0.05, 0) is 45.7 Å². The van der Waals surface area contributed by atoms with Gasteiger partial charge in [-0.1, -0.05) is 0 Å². The minimum Gasteiger partial charge on any atom is -0.450 e. The number of amides is 2. The van der Waals surface area contributed by atoms with Crippen molar-refractivity contribution in [3.63, 3.8) is 0 Å². The second-order valence-corrected chi connectivity index (χ2v) is 6.04. The largest absolute Gasteiger partial charge is 0.450 e. The summed E-state index contributed by atoms with van der Waals surface area (Å²) < 4.78 is 4.98. The topological polar surface area (TPSA) is 96.5 Å². The molecule has 8 nitrogen and oxygen atoms in total. The van der Waals surface area contributed by atoms with Gasteiger partial charge in [0, 0.05) is 25.2 Å². The zero-order chi connectivity index (χ0) is 17.5. The number of carbonyl (C=O) groups excluding carboxylic acids is 2. The van der Waals surface area contributed by atoms with Gasteiger partial charge < -0.3 is 20.3 Å². The average Bonchev–Trinajstić information content (AvgIpc) is 2.56. The molecule has 0 atom stereocenters. The number of carbonyl (C=O) groups is 2. The molecule has 1 aromatic rings. The van der Waals surface area contributed by atoms with E-state index in [2.05, 4.69) is 20.8 Å². The van der Waals surface area contributed by atoms with Crippen molar-refractivity contribution in [1.29, 1.82) is 0 Å². The highest BCUT2D eigenvalue weighted by Gasteiger charge is 2.25. The maximum atomic E-state index is 12.2. The Morgan fingerprint density at radius 3 is 2.54 bits per heavy atom. The Kier molecular flexibility index (Phi) is 6.34. The lowest BCUT2D eigenvalue weighted by Crippen LogP contribution is -2.46. The Morgan fingerprint density at radius 1 is 1.29 bits per heavy atom. The van der Waals surface area contributed by atoms with Gasteiger partial charge in [-0.25, -0.2) is 4.79 Å². The van der Waals surface area contributed by atoms with Crippen LogP contribution in [-0.2, 0) is 4.74 Å². The Hall–Kier alpha value is -2.38. The predicted molar refractivity (Wildman–Crippen MR) is 89.9 cm³/mol. The molecule has 0 spiro atoms. The number of likely N-dealkylation sites (tertiary alicyclic amines) is 1. The van der Waals surface area contributed by atoms with Gasteiger partial charge in [0.15, 0.2) is 5.69 Å². The second kappa shape index (κ2) is 8.47. The summed E-state index contributed by atoms with van der Waals surface area (Å²) in [5.74, 6) is 0.400. The summed E-state index contributed by atoms with van der Waals surface area (Å²) in [7, 11) is 0. The van der Waals surface area contributed by atoms with E-state index in [0.29, 0.717) is 38.4 Å². The Balaban J connectivity index is 1.82. The van der Waals surface area contributed by atoms with E-state index in [4.69, 9.17) is 4.74 Å². The molecule has 1 aromatic heterocycles. The number of piperidine rings is 1. The number of aromatic nitrogens is 2. The van der Waals surface area contributed by atoms with E-state index in [1.54, 1.807) is 24.0 Å². The molecular weight excluding hydrogens is 310 g/mol. The molecule has 24 heavy (non-hydrogen) atoms. The smallest absolute Gasteiger partial charge is 0.409 e. The summed E-state index contributed by atoms with van der Waals surface area (Å²) in [4.78, 5) is 25.5. The molecule has 132 valence electrons. The third kappa shape index (κ3) is 5.07. The molecule has 2 heterocycles. The highest BCUT2D eigenvalue weighted by atomic mass is 16.6. The first-order valence-corrected chi connectivity index (χ1v) is 8.32. The van der Waals surface area contributed by atoms with Crippen molar-refractivity contribution in [3.8, 4) is 0 Å². The molecule has 2 rings (SSSR count). The Labute approximate surface area is 142 Å². The van der Waals surface area contributed by atoms with Crippen molar-refractivity contribution >= 4 is 17.8 Å². The van der Waals surface area contributed by atoms with Gasteiger partial charge >= 0.3 is 6.09 Å². The van der Waals surface area contributed by atoms with Crippen molar-refractivity contribution < 1.29 is 14.3 Å². The molecule has 1 aliphatic rings. The first-order chi connectivity index (χ1) is 11.5. The van der Waals surface area contributed by atoms with Crippen LogP contribution in [0.4, 0.5) is 10.6 Å². The van der Waals surface area contributed by atoms with Gasteiger partial charge in [-0.2, -0.15) is 0 Å². The predicted octanol–water partition coefficient (Wildman–Crippen LogP) is 1.65. The highest BCUT2D eigenvalue weighted by molar-refractivity contribution is 5.92. The third-order valence-corrected chi connectivity index (χ3v) is 3.69. The lowest BCUT2D eigenvalue weighted by molar-refractivity contribution is 0.0856. The SMILES string of the molecule is CCOC(=O)N1CCC(NC(=O)c2ccc(NC(C)C)nn2)CC1. The minimum atomic E-state index is -0.290. The van der Waals surface area contributed by atoms with Gasteiger partial charge in [0.2, 0.25) is 0 Å². The zero-order valence-corrected chi connectivity index (χ0v) is 14.4. The first-order valence-electron chi connectivity index (χ1n) is 8.32. The number of hydrogen-bond acceptors (Lipinski definition) is 6. The van der Waals surface area contributed by atoms with Gasteiger partial charge in [0.25, 0.3) is 5.91 Å². The average molecular weight is 335 g/mol. The van der Waals surface area contributed by atoms with E-state index in [9.17, 15) is 9.59 Å². The van der Waals surface area contributed by atoms with E-state index >= 15 is 0 Å². The maximum absolute atomic E-state index is 12.2. The Bertz CT molecular complexity index is 553. The van der Waals surface area contributed by atoms with Crippen LogP contribution in [0.5, 0.6) is 0 Å². The molecule has 1 aliphatic heterocycles. The molecule has 2 amide bonds. The summed E-state index contributed by atoms with van der Waals surface area (Å²) >= 11 is 0. The molecule has 0 unspecified atom stereocenters. The van der Waals surface area contributed by atoms with E-state index in [0.717, 1.165) is 0 Å². The number of rotatable bonds is 5. The fraction of sp³-hybridized carbons (Fsp3) is 0.625. The summed E-state index contributed by atoms with van der Waals surface area (Å²) in [5, 5.41) is 14.0. The van der Waals surface area contributed by atoms with Crippen molar-refractivity contribution in [2.75, 3.05) is 25.0 Å². The Morgan fingerprint density at radius 2 is 2.00 bits per heavy atom. The molecule has 8 heteroatoms. The van der Waals surface area contributed by atoms with E-state index in [1.807, 2.05) is 13.8 Å². The van der Waals surface area contributed by atoms with Crippen LogP contribution in [0.1, 0.15) is 44.1 Å². The number of hydrogen-bond donors (Lipinski definition) is 2. The van der Waals surface area contributed by atoms with Crippen LogP contribution in [0, 0.1) is 0 Å². The van der Waals surface area contributed by atoms with Gasteiger partial charge in [0.05, 0.1) is 6.61 Å². The van der Waals surface area contributed by atoms with E-state index in [-0.39, 0.29) is 29.8 Å². The number of nitrogens with zero attached hydrogens (tertiary/aromatic N) is 3. The molecule has 0 aromatic carbocycles. The standard InChI is InChI=1S/C16H25N5O3/c1-4-24-16(23)21-9-7-12(8-10-21)18-15(22)13-5-6-14(20-19-13)17-11(2)3/h5-6,11-12H,4,7-10H2,1-3H3,(H,17,20)(H,18,22). The van der Waals surface area contributed by atoms with Crippen LogP contribution in [0.15, 0.2) is 12.1 Å². The molecule has 0 saturated carbocycles. The molecule has 1 saturated heterocycles. The molecule has 0 bridgehead atoms.